The second-order valence-corrected chi connectivity index (χ2v) is 7.04. The lowest BCUT2D eigenvalue weighted by Crippen LogP contribution is -2.30. The van der Waals surface area contributed by atoms with Gasteiger partial charge in [0.2, 0.25) is 11.8 Å². The van der Waals surface area contributed by atoms with Crippen molar-refractivity contribution in [3.63, 3.8) is 0 Å². The summed E-state index contributed by atoms with van der Waals surface area (Å²) in [5, 5.41) is 3.66. The summed E-state index contributed by atoms with van der Waals surface area (Å²) in [6, 6.07) is 11.2. The molecule has 1 aliphatic heterocycles. The molecule has 7 heteroatoms. The zero-order valence-electron chi connectivity index (χ0n) is 13.8. The third kappa shape index (κ3) is 4.34. The van der Waals surface area contributed by atoms with Crippen LogP contribution in [0.5, 0.6) is 0 Å². The molecule has 0 saturated carbocycles. The number of nitrogens with one attached hydrogen (secondary N) is 1. The van der Waals surface area contributed by atoms with Crippen LogP contribution in [0.3, 0.4) is 0 Å². The molecular formula is C19H17Cl2FN2O2. The molecule has 136 valence electrons. The minimum atomic E-state index is -0.501. The van der Waals surface area contributed by atoms with Crippen molar-refractivity contribution in [3.8, 4) is 0 Å². The van der Waals surface area contributed by atoms with Crippen LogP contribution < -0.4 is 5.32 Å². The summed E-state index contributed by atoms with van der Waals surface area (Å²) in [4.78, 5) is 26.2. The molecule has 1 fully saturated rings. The second kappa shape index (κ2) is 8.06. The van der Waals surface area contributed by atoms with Gasteiger partial charge in [-0.2, -0.15) is 0 Å². The Kier molecular flexibility index (Phi) is 5.79. The van der Waals surface area contributed by atoms with Crippen molar-refractivity contribution in [2.45, 2.75) is 12.8 Å². The van der Waals surface area contributed by atoms with E-state index in [0.29, 0.717) is 29.6 Å². The van der Waals surface area contributed by atoms with Gasteiger partial charge in [0, 0.05) is 29.6 Å². The first-order valence-corrected chi connectivity index (χ1v) is 8.96. The zero-order valence-corrected chi connectivity index (χ0v) is 15.4. The Labute approximate surface area is 160 Å². The van der Waals surface area contributed by atoms with E-state index in [4.69, 9.17) is 23.2 Å². The van der Waals surface area contributed by atoms with Gasteiger partial charge in [-0.1, -0.05) is 41.4 Å². The smallest absolute Gasteiger partial charge is 0.229 e. The van der Waals surface area contributed by atoms with E-state index in [1.54, 1.807) is 29.2 Å². The molecule has 0 bridgehead atoms. The average Bonchev–Trinajstić information content (AvgIpc) is 2.97. The highest BCUT2D eigenvalue weighted by atomic mass is 35.5. The molecule has 4 nitrogen and oxygen atoms in total. The summed E-state index contributed by atoms with van der Waals surface area (Å²) in [6.45, 7) is 0.772. The van der Waals surface area contributed by atoms with Gasteiger partial charge in [0.05, 0.1) is 11.6 Å². The van der Waals surface area contributed by atoms with Crippen molar-refractivity contribution in [1.82, 2.24) is 4.90 Å². The van der Waals surface area contributed by atoms with Gasteiger partial charge in [-0.25, -0.2) is 4.39 Å². The Balaban J connectivity index is 1.58. The van der Waals surface area contributed by atoms with Crippen LogP contribution in [0.1, 0.15) is 12.0 Å². The van der Waals surface area contributed by atoms with Gasteiger partial charge in [-0.05, 0) is 36.2 Å². The topological polar surface area (TPSA) is 49.4 Å². The Hall–Kier alpha value is -2.11. The van der Waals surface area contributed by atoms with Crippen molar-refractivity contribution >= 4 is 40.7 Å². The van der Waals surface area contributed by atoms with E-state index in [9.17, 15) is 14.0 Å². The Morgan fingerprint density at radius 3 is 2.73 bits per heavy atom. The number of amides is 2. The molecule has 1 atom stereocenters. The van der Waals surface area contributed by atoms with Crippen molar-refractivity contribution < 1.29 is 14.0 Å². The van der Waals surface area contributed by atoms with E-state index in [1.165, 1.54) is 12.1 Å². The predicted octanol–water partition coefficient (Wildman–Crippen LogP) is 4.16. The first-order valence-electron chi connectivity index (χ1n) is 8.21. The molecule has 1 heterocycles. The van der Waals surface area contributed by atoms with Crippen molar-refractivity contribution in [1.29, 1.82) is 0 Å². The third-order valence-corrected chi connectivity index (χ3v) is 4.97. The van der Waals surface area contributed by atoms with Crippen LogP contribution in [-0.4, -0.2) is 29.8 Å². The summed E-state index contributed by atoms with van der Waals surface area (Å²) in [6.07, 6.45) is 0.692. The lowest BCUT2D eigenvalue weighted by molar-refractivity contribution is -0.128. The number of rotatable bonds is 5. The summed E-state index contributed by atoms with van der Waals surface area (Å²) < 4.78 is 13.7. The van der Waals surface area contributed by atoms with Gasteiger partial charge in [-0.3, -0.25) is 9.59 Å². The monoisotopic (exact) mass is 394 g/mol. The van der Waals surface area contributed by atoms with Crippen molar-refractivity contribution in [2.75, 3.05) is 18.4 Å². The SMILES string of the molecule is O=C(Nc1ccccc1F)C1CC(=O)N(CCc2ccc(Cl)cc2Cl)C1. The van der Waals surface area contributed by atoms with E-state index < -0.39 is 11.7 Å². The summed E-state index contributed by atoms with van der Waals surface area (Å²) in [5.41, 5.74) is 1.01. The maximum atomic E-state index is 13.7. The predicted molar refractivity (Wildman–Crippen MR) is 99.9 cm³/mol. The number of carbonyl (C=O) groups excluding carboxylic acids is 2. The standard InChI is InChI=1S/C19H17Cl2FN2O2/c20-14-6-5-12(15(21)10-14)7-8-24-11-13(9-18(24)25)19(26)23-17-4-2-1-3-16(17)22/h1-6,10,13H,7-9,11H2,(H,23,26). The number of carbonyl (C=O) groups is 2. The van der Waals surface area contributed by atoms with Crippen LogP contribution in [0.15, 0.2) is 42.5 Å². The van der Waals surface area contributed by atoms with Gasteiger partial charge < -0.3 is 10.2 Å². The van der Waals surface area contributed by atoms with Crippen LogP contribution in [0.25, 0.3) is 0 Å². The minimum Gasteiger partial charge on any atom is -0.342 e. The fourth-order valence-corrected chi connectivity index (χ4v) is 3.44. The Bertz CT molecular complexity index is 844. The van der Waals surface area contributed by atoms with Crippen LogP contribution >= 0.6 is 23.2 Å². The number of hydrogen-bond acceptors (Lipinski definition) is 2. The highest BCUT2D eigenvalue weighted by Gasteiger charge is 2.34. The van der Waals surface area contributed by atoms with E-state index in [0.717, 1.165) is 5.56 Å². The number of likely N-dealkylation sites (tertiary alicyclic amines) is 1. The number of anilines is 1. The van der Waals surface area contributed by atoms with Gasteiger partial charge in [0.15, 0.2) is 0 Å². The molecule has 1 saturated heterocycles. The van der Waals surface area contributed by atoms with Crippen LogP contribution in [-0.2, 0) is 16.0 Å². The molecular weight excluding hydrogens is 378 g/mol. The van der Waals surface area contributed by atoms with Crippen molar-refractivity contribution in [3.05, 3.63) is 63.9 Å². The van der Waals surface area contributed by atoms with Crippen LogP contribution in [0.4, 0.5) is 10.1 Å². The van der Waals surface area contributed by atoms with E-state index in [-0.39, 0.29) is 23.9 Å². The number of halogens is 3. The number of benzene rings is 2. The summed E-state index contributed by atoms with van der Waals surface area (Å²) >= 11 is 12.0. The summed E-state index contributed by atoms with van der Waals surface area (Å²) in [5.74, 6) is -1.44. The maximum absolute atomic E-state index is 13.7. The molecule has 1 unspecified atom stereocenters. The molecule has 0 radical (unpaired) electrons. The molecule has 0 aromatic heterocycles. The molecule has 1 aliphatic rings. The third-order valence-electron chi connectivity index (χ3n) is 4.38. The van der Waals surface area contributed by atoms with Gasteiger partial charge in [0.1, 0.15) is 5.82 Å². The average molecular weight is 395 g/mol. The molecule has 3 rings (SSSR count). The molecule has 0 spiro atoms. The second-order valence-electron chi connectivity index (χ2n) is 6.20. The van der Waals surface area contributed by atoms with E-state index in [2.05, 4.69) is 5.32 Å². The van der Waals surface area contributed by atoms with Gasteiger partial charge in [0.25, 0.3) is 0 Å². The fourth-order valence-electron chi connectivity index (χ4n) is 2.94. The zero-order chi connectivity index (χ0) is 18.7. The Morgan fingerprint density at radius 1 is 1.23 bits per heavy atom. The lowest BCUT2D eigenvalue weighted by Gasteiger charge is -2.17. The molecule has 0 aliphatic carbocycles. The number of hydrogen-bond donors (Lipinski definition) is 1. The summed E-state index contributed by atoms with van der Waals surface area (Å²) in [7, 11) is 0. The van der Waals surface area contributed by atoms with Crippen molar-refractivity contribution in [2.24, 2.45) is 5.92 Å². The molecule has 2 aromatic carbocycles. The molecule has 2 amide bonds. The molecule has 1 N–H and O–H groups in total. The number of para-hydroxylation sites is 1. The van der Waals surface area contributed by atoms with Gasteiger partial charge >= 0.3 is 0 Å². The van der Waals surface area contributed by atoms with Crippen LogP contribution in [0.2, 0.25) is 10.0 Å². The van der Waals surface area contributed by atoms with Gasteiger partial charge in [-0.15, -0.1) is 0 Å². The van der Waals surface area contributed by atoms with E-state index in [1.807, 2.05) is 6.07 Å². The largest absolute Gasteiger partial charge is 0.342 e. The quantitative estimate of drug-likeness (QED) is 0.827. The van der Waals surface area contributed by atoms with Crippen LogP contribution in [0, 0.1) is 11.7 Å². The Morgan fingerprint density at radius 2 is 2.00 bits per heavy atom. The van der Waals surface area contributed by atoms with E-state index >= 15 is 0 Å². The molecule has 2 aromatic rings. The highest BCUT2D eigenvalue weighted by Crippen LogP contribution is 2.24. The molecule has 26 heavy (non-hydrogen) atoms. The minimum absolute atomic E-state index is 0.0937. The lowest BCUT2D eigenvalue weighted by atomic mass is 10.1. The fraction of sp³-hybridized carbons (Fsp3) is 0.263. The number of nitrogens with zero attached hydrogens (tertiary/aromatic N) is 1. The first-order chi connectivity index (χ1) is 12.4. The first kappa shape index (κ1) is 18.7. The normalized spacial score (nSPS) is 16.8. The maximum Gasteiger partial charge on any atom is 0.229 e. The highest BCUT2D eigenvalue weighted by molar-refractivity contribution is 6.35.